The van der Waals surface area contributed by atoms with E-state index >= 15 is 0 Å². The maximum Gasteiger partial charge on any atom is 0.243 e. The van der Waals surface area contributed by atoms with E-state index in [-0.39, 0.29) is 24.8 Å². The lowest BCUT2D eigenvalue weighted by Crippen LogP contribution is -2.51. The molecule has 0 saturated carbocycles. The lowest BCUT2D eigenvalue weighted by molar-refractivity contribution is -0.140. The molecule has 4 nitrogen and oxygen atoms in total. The number of rotatable bonds is 9. The smallest absolute Gasteiger partial charge is 0.243 e. The third-order valence-corrected chi connectivity index (χ3v) is 6.22. The zero-order valence-electron chi connectivity index (χ0n) is 19.5. The molecule has 172 valence electrons. The van der Waals surface area contributed by atoms with Crippen LogP contribution in [0.25, 0.3) is 0 Å². The van der Waals surface area contributed by atoms with Gasteiger partial charge in [-0.3, -0.25) is 9.59 Å². The van der Waals surface area contributed by atoms with E-state index < -0.39 is 6.04 Å². The summed E-state index contributed by atoms with van der Waals surface area (Å²) in [5, 5.41) is 3.50. The van der Waals surface area contributed by atoms with Crippen LogP contribution in [0.2, 0.25) is 5.02 Å². The fourth-order valence-corrected chi connectivity index (χ4v) is 4.04. The van der Waals surface area contributed by atoms with Gasteiger partial charge in [0.25, 0.3) is 0 Å². The molecular weight excluding hydrogens is 432 g/mol. The average Bonchev–Trinajstić information content (AvgIpc) is 2.80. The van der Waals surface area contributed by atoms with E-state index in [1.165, 1.54) is 5.56 Å². The molecule has 1 N–H and O–H groups in total. The number of carbonyl (C=O) groups is 2. The number of hydrogen-bond acceptors (Lipinski definition) is 2. The third kappa shape index (κ3) is 6.69. The summed E-state index contributed by atoms with van der Waals surface area (Å²) in [5.41, 5.74) is 5.07. The summed E-state index contributed by atoms with van der Waals surface area (Å²) in [6.07, 6.45) is 0.645. The molecule has 33 heavy (non-hydrogen) atoms. The molecule has 0 aliphatic carbocycles. The Hall–Kier alpha value is -3.11. The number of hydrogen-bond donors (Lipinski definition) is 1. The maximum atomic E-state index is 13.7. The van der Waals surface area contributed by atoms with E-state index in [0.717, 1.165) is 22.3 Å². The summed E-state index contributed by atoms with van der Waals surface area (Å²) >= 11 is 6.44. The highest BCUT2D eigenvalue weighted by molar-refractivity contribution is 6.31. The van der Waals surface area contributed by atoms with E-state index in [0.29, 0.717) is 18.0 Å². The number of aryl methyl sites for hydroxylation is 2. The molecular formula is C28H31ClN2O2. The van der Waals surface area contributed by atoms with Crippen LogP contribution in [0.5, 0.6) is 0 Å². The van der Waals surface area contributed by atoms with E-state index in [1.54, 1.807) is 11.0 Å². The van der Waals surface area contributed by atoms with Gasteiger partial charge in [-0.25, -0.2) is 0 Å². The fraction of sp³-hybridized carbons (Fsp3) is 0.286. The molecule has 0 aliphatic heterocycles. The number of carbonyl (C=O) groups excluding carboxylic acids is 2. The van der Waals surface area contributed by atoms with Gasteiger partial charge in [-0.05, 0) is 54.7 Å². The van der Waals surface area contributed by atoms with Crippen LogP contribution in [0.1, 0.15) is 34.7 Å². The Morgan fingerprint density at radius 2 is 1.61 bits per heavy atom. The number of amides is 2. The van der Waals surface area contributed by atoms with Gasteiger partial charge in [0.15, 0.2) is 0 Å². The first-order chi connectivity index (χ1) is 15.9. The summed E-state index contributed by atoms with van der Waals surface area (Å²) in [5.74, 6) is -0.271. The normalized spacial score (nSPS) is 11.6. The quantitative estimate of drug-likeness (QED) is 0.470. The van der Waals surface area contributed by atoms with Gasteiger partial charge in [0.05, 0.1) is 6.42 Å². The number of nitrogens with zero attached hydrogens (tertiary/aromatic N) is 1. The molecule has 0 bridgehead atoms. The van der Waals surface area contributed by atoms with Gasteiger partial charge in [0.1, 0.15) is 6.04 Å². The molecule has 3 aromatic carbocycles. The zero-order valence-corrected chi connectivity index (χ0v) is 20.2. The van der Waals surface area contributed by atoms with Crippen LogP contribution in [-0.4, -0.2) is 29.3 Å². The first kappa shape index (κ1) is 24.5. The Balaban J connectivity index is 1.97. The van der Waals surface area contributed by atoms with Crippen molar-refractivity contribution in [2.45, 2.75) is 46.2 Å². The number of benzene rings is 3. The van der Waals surface area contributed by atoms with Crippen LogP contribution in [0, 0.1) is 13.8 Å². The largest absolute Gasteiger partial charge is 0.355 e. The summed E-state index contributed by atoms with van der Waals surface area (Å²) in [4.78, 5) is 28.5. The van der Waals surface area contributed by atoms with Crippen molar-refractivity contribution < 1.29 is 9.59 Å². The van der Waals surface area contributed by atoms with Crippen LogP contribution in [-0.2, 0) is 29.0 Å². The number of nitrogens with one attached hydrogen (secondary N) is 1. The summed E-state index contributed by atoms with van der Waals surface area (Å²) in [6, 6.07) is 22.6. The molecule has 0 radical (unpaired) electrons. The summed E-state index contributed by atoms with van der Waals surface area (Å²) in [6.45, 7) is 6.73. The molecule has 0 saturated heterocycles. The lowest BCUT2D eigenvalue weighted by atomic mass is 10.00. The monoisotopic (exact) mass is 462 g/mol. The molecule has 5 heteroatoms. The summed E-state index contributed by atoms with van der Waals surface area (Å²) < 4.78 is 0. The van der Waals surface area contributed by atoms with Crippen molar-refractivity contribution in [2.24, 2.45) is 0 Å². The first-order valence-electron chi connectivity index (χ1n) is 11.3. The third-order valence-electron chi connectivity index (χ3n) is 5.85. The van der Waals surface area contributed by atoms with Crippen molar-refractivity contribution in [3.8, 4) is 0 Å². The molecule has 0 unspecified atom stereocenters. The zero-order chi connectivity index (χ0) is 23.8. The van der Waals surface area contributed by atoms with Gasteiger partial charge in [-0.1, -0.05) is 78.3 Å². The minimum atomic E-state index is -0.650. The summed E-state index contributed by atoms with van der Waals surface area (Å²) in [7, 11) is 0. The minimum absolute atomic E-state index is 0.106. The SMILES string of the molecule is CCNC(=O)[C@H](Cc1ccccc1)N(Cc1ccccc1Cl)C(=O)Cc1ccc(C)c(C)c1. The number of likely N-dealkylation sites (N-methyl/N-ethyl adjacent to an activating group) is 1. The van der Waals surface area contributed by atoms with Gasteiger partial charge in [0.2, 0.25) is 11.8 Å². The highest BCUT2D eigenvalue weighted by Gasteiger charge is 2.30. The minimum Gasteiger partial charge on any atom is -0.355 e. The highest BCUT2D eigenvalue weighted by atomic mass is 35.5. The van der Waals surface area contributed by atoms with Crippen molar-refractivity contribution in [3.05, 3.63) is 106 Å². The standard InChI is InChI=1S/C28H31ClN2O2/c1-4-30-28(33)26(17-22-10-6-5-7-11-22)31(19-24-12-8-9-13-25(24)29)27(32)18-23-15-14-20(2)21(3)16-23/h5-16,26H,4,17-19H2,1-3H3,(H,30,33)/t26-/m0/s1. The molecule has 0 spiro atoms. The van der Waals surface area contributed by atoms with Crippen molar-refractivity contribution in [1.29, 1.82) is 0 Å². The van der Waals surface area contributed by atoms with Crippen LogP contribution >= 0.6 is 11.6 Å². The van der Waals surface area contributed by atoms with Crippen LogP contribution in [0.15, 0.2) is 72.8 Å². The van der Waals surface area contributed by atoms with E-state index in [4.69, 9.17) is 11.6 Å². The average molecular weight is 463 g/mol. The second-order valence-electron chi connectivity index (χ2n) is 8.31. The van der Waals surface area contributed by atoms with Crippen LogP contribution < -0.4 is 5.32 Å². The van der Waals surface area contributed by atoms with E-state index in [9.17, 15) is 9.59 Å². The van der Waals surface area contributed by atoms with Crippen molar-refractivity contribution in [3.63, 3.8) is 0 Å². The molecule has 0 heterocycles. The Morgan fingerprint density at radius 1 is 0.909 bits per heavy atom. The Morgan fingerprint density at radius 3 is 2.27 bits per heavy atom. The van der Waals surface area contributed by atoms with E-state index in [1.807, 2.05) is 80.6 Å². The van der Waals surface area contributed by atoms with Crippen molar-refractivity contribution in [2.75, 3.05) is 6.54 Å². The second kappa shape index (κ2) is 11.7. The number of halogens is 1. The van der Waals surface area contributed by atoms with E-state index in [2.05, 4.69) is 12.2 Å². The molecule has 0 fully saturated rings. The molecule has 3 aromatic rings. The highest BCUT2D eigenvalue weighted by Crippen LogP contribution is 2.22. The molecule has 1 atom stereocenters. The van der Waals surface area contributed by atoms with Gasteiger partial charge in [-0.2, -0.15) is 0 Å². The molecule has 0 aromatic heterocycles. The predicted molar refractivity (Wildman–Crippen MR) is 134 cm³/mol. The Labute approximate surface area is 201 Å². The predicted octanol–water partition coefficient (Wildman–Crippen LogP) is 5.28. The van der Waals surface area contributed by atoms with Gasteiger partial charge in [-0.15, -0.1) is 0 Å². The van der Waals surface area contributed by atoms with Crippen molar-refractivity contribution >= 4 is 23.4 Å². The Kier molecular flexibility index (Phi) is 8.67. The van der Waals surface area contributed by atoms with Gasteiger partial charge >= 0.3 is 0 Å². The van der Waals surface area contributed by atoms with Crippen LogP contribution in [0.4, 0.5) is 0 Å². The second-order valence-corrected chi connectivity index (χ2v) is 8.72. The fourth-order valence-electron chi connectivity index (χ4n) is 3.85. The lowest BCUT2D eigenvalue weighted by Gasteiger charge is -2.32. The van der Waals surface area contributed by atoms with Gasteiger partial charge in [0, 0.05) is 24.5 Å². The van der Waals surface area contributed by atoms with Crippen molar-refractivity contribution in [1.82, 2.24) is 10.2 Å². The maximum absolute atomic E-state index is 13.7. The van der Waals surface area contributed by atoms with Crippen LogP contribution in [0.3, 0.4) is 0 Å². The van der Waals surface area contributed by atoms with Gasteiger partial charge < -0.3 is 10.2 Å². The molecule has 3 rings (SSSR count). The first-order valence-corrected chi connectivity index (χ1v) is 11.7. The molecule has 0 aliphatic rings. The Bertz CT molecular complexity index is 1100. The topological polar surface area (TPSA) is 49.4 Å². The molecule has 2 amide bonds.